The van der Waals surface area contributed by atoms with Crippen molar-refractivity contribution in [2.45, 2.75) is 0 Å². The number of para-hydroxylation sites is 1. The van der Waals surface area contributed by atoms with Crippen LogP contribution in [0.4, 0.5) is 26.2 Å². The number of urea groups is 1. The van der Waals surface area contributed by atoms with Crippen LogP contribution in [0.5, 0.6) is 5.75 Å². The van der Waals surface area contributed by atoms with E-state index in [-0.39, 0.29) is 33.4 Å². The Morgan fingerprint density at radius 2 is 1.82 bits per heavy atom. The zero-order chi connectivity index (χ0) is 27.4. The summed E-state index contributed by atoms with van der Waals surface area (Å²) in [4.78, 5) is 61.2. The number of carbonyl (C=O) groups excluding carboxylic acids is 4. The van der Waals surface area contributed by atoms with E-state index in [0.717, 1.165) is 18.2 Å². The Morgan fingerprint density at radius 3 is 2.50 bits per heavy atom. The molecule has 1 fully saturated rings. The molecule has 0 bridgehead atoms. The lowest BCUT2D eigenvalue weighted by Gasteiger charge is -2.26. The Bertz CT molecular complexity index is 1510. The molecule has 1 saturated heterocycles. The van der Waals surface area contributed by atoms with Gasteiger partial charge in [0.15, 0.2) is 6.61 Å². The van der Waals surface area contributed by atoms with Crippen LogP contribution in [0, 0.1) is 15.9 Å². The largest absolute Gasteiger partial charge is 0.483 e. The van der Waals surface area contributed by atoms with Crippen LogP contribution in [-0.2, 0) is 14.4 Å². The Labute approximate surface area is 218 Å². The van der Waals surface area contributed by atoms with Crippen molar-refractivity contribution in [3.63, 3.8) is 0 Å². The monoisotopic (exact) mass is 538 g/mol. The van der Waals surface area contributed by atoms with Gasteiger partial charge >= 0.3 is 6.03 Å². The fraction of sp³-hybridized carbons (Fsp3) is 0.0400. The smallest absolute Gasteiger partial charge is 0.335 e. The number of non-ortho nitro benzene ring substituents is 1. The number of amides is 5. The van der Waals surface area contributed by atoms with Crippen molar-refractivity contribution in [3.05, 3.63) is 98.8 Å². The number of rotatable bonds is 7. The molecule has 1 aliphatic rings. The van der Waals surface area contributed by atoms with Crippen LogP contribution >= 0.6 is 11.6 Å². The lowest BCUT2D eigenvalue weighted by molar-refractivity contribution is -0.384. The van der Waals surface area contributed by atoms with Gasteiger partial charge in [-0.2, -0.15) is 0 Å². The van der Waals surface area contributed by atoms with Gasteiger partial charge < -0.3 is 10.1 Å². The second-order valence-electron chi connectivity index (χ2n) is 7.73. The third-order valence-corrected chi connectivity index (χ3v) is 5.43. The van der Waals surface area contributed by atoms with E-state index in [1.165, 1.54) is 48.5 Å². The Morgan fingerprint density at radius 1 is 1.11 bits per heavy atom. The number of benzene rings is 3. The number of ether oxygens (including phenoxy) is 1. The van der Waals surface area contributed by atoms with E-state index in [1.807, 2.05) is 5.32 Å². The third-order valence-electron chi connectivity index (χ3n) is 5.20. The van der Waals surface area contributed by atoms with Crippen LogP contribution in [0.1, 0.15) is 5.56 Å². The minimum atomic E-state index is -1.04. The molecule has 0 spiro atoms. The first-order chi connectivity index (χ1) is 18.1. The van der Waals surface area contributed by atoms with Crippen molar-refractivity contribution in [2.75, 3.05) is 16.8 Å². The van der Waals surface area contributed by atoms with E-state index in [4.69, 9.17) is 16.3 Å². The van der Waals surface area contributed by atoms with Crippen molar-refractivity contribution in [1.82, 2.24) is 5.32 Å². The van der Waals surface area contributed by atoms with E-state index >= 15 is 0 Å². The molecule has 0 atom stereocenters. The number of nitro benzene ring substituents is 1. The van der Waals surface area contributed by atoms with Gasteiger partial charge in [0.1, 0.15) is 17.1 Å². The van der Waals surface area contributed by atoms with E-state index in [0.29, 0.717) is 4.90 Å². The summed E-state index contributed by atoms with van der Waals surface area (Å²) in [6, 6.07) is 13.3. The predicted octanol–water partition coefficient (Wildman–Crippen LogP) is 4.07. The number of nitrogens with zero attached hydrogens (tertiary/aromatic N) is 2. The summed E-state index contributed by atoms with van der Waals surface area (Å²) in [6.45, 7) is -0.542. The van der Waals surface area contributed by atoms with Crippen molar-refractivity contribution in [2.24, 2.45) is 0 Å². The van der Waals surface area contributed by atoms with Gasteiger partial charge in [0, 0.05) is 22.7 Å². The highest BCUT2D eigenvalue weighted by molar-refractivity contribution is 6.39. The molecular weight excluding hydrogens is 523 g/mol. The first-order valence-electron chi connectivity index (χ1n) is 10.8. The number of nitrogens with one attached hydrogen (secondary N) is 2. The van der Waals surface area contributed by atoms with E-state index in [2.05, 4.69) is 5.32 Å². The van der Waals surface area contributed by atoms with Crippen LogP contribution in [0.15, 0.2) is 72.3 Å². The van der Waals surface area contributed by atoms with Crippen LogP contribution in [0.2, 0.25) is 5.02 Å². The maximum atomic E-state index is 13.8. The molecular formula is C25H16ClFN4O7. The molecule has 11 nitrogen and oxygen atoms in total. The topological polar surface area (TPSA) is 148 Å². The molecule has 38 heavy (non-hydrogen) atoms. The lowest BCUT2D eigenvalue weighted by atomic mass is 10.1. The van der Waals surface area contributed by atoms with Gasteiger partial charge in [-0.25, -0.2) is 14.1 Å². The minimum Gasteiger partial charge on any atom is -0.483 e. The maximum absolute atomic E-state index is 13.8. The Balaban J connectivity index is 1.59. The quantitative estimate of drug-likeness (QED) is 0.199. The summed E-state index contributed by atoms with van der Waals surface area (Å²) in [5.41, 5.74) is -0.646. The predicted molar refractivity (Wildman–Crippen MR) is 134 cm³/mol. The molecule has 1 heterocycles. The number of barbiturate groups is 1. The number of halogens is 2. The van der Waals surface area contributed by atoms with Gasteiger partial charge in [-0.3, -0.25) is 29.8 Å². The number of hydrogen-bond donors (Lipinski definition) is 2. The minimum absolute atomic E-state index is 0.0103. The van der Waals surface area contributed by atoms with Gasteiger partial charge in [0.2, 0.25) is 0 Å². The molecule has 3 aromatic carbocycles. The third kappa shape index (κ3) is 5.65. The maximum Gasteiger partial charge on any atom is 0.335 e. The molecule has 0 unspecified atom stereocenters. The normalized spacial score (nSPS) is 14.3. The van der Waals surface area contributed by atoms with Crippen LogP contribution in [-0.4, -0.2) is 35.3 Å². The van der Waals surface area contributed by atoms with E-state index in [9.17, 15) is 33.7 Å². The van der Waals surface area contributed by atoms with Crippen LogP contribution in [0.3, 0.4) is 0 Å². The summed E-state index contributed by atoms with van der Waals surface area (Å²) in [6.07, 6.45) is 1.12. The fourth-order valence-corrected chi connectivity index (χ4v) is 3.61. The van der Waals surface area contributed by atoms with Gasteiger partial charge in [0.05, 0.1) is 16.3 Å². The standard InChI is InChI=1S/C25H16ClFN4O7/c26-15-5-10-21(38-13-22(32)28-20-4-2-1-3-19(20)27)14(11-15)12-18-23(33)29-25(35)30(24(18)34)16-6-8-17(9-7-16)31(36)37/h1-12H,13H2,(H,28,32)(H,29,33,35)/b18-12-. The summed E-state index contributed by atoms with van der Waals surface area (Å²) < 4.78 is 19.3. The summed E-state index contributed by atoms with van der Waals surface area (Å²) in [5.74, 6) is -3.25. The molecule has 0 saturated carbocycles. The van der Waals surface area contributed by atoms with Gasteiger partial charge in [-0.05, 0) is 48.5 Å². The van der Waals surface area contributed by atoms with Crippen molar-refractivity contribution in [1.29, 1.82) is 0 Å². The molecule has 5 amide bonds. The van der Waals surface area contributed by atoms with Gasteiger partial charge in [0.25, 0.3) is 23.4 Å². The molecule has 0 aliphatic carbocycles. The first kappa shape index (κ1) is 26.0. The van der Waals surface area contributed by atoms with Crippen molar-refractivity contribution < 1.29 is 33.2 Å². The number of nitro groups is 1. The molecule has 0 radical (unpaired) electrons. The fourth-order valence-electron chi connectivity index (χ4n) is 3.43. The lowest BCUT2D eigenvalue weighted by Crippen LogP contribution is -2.54. The van der Waals surface area contributed by atoms with Crippen LogP contribution in [0.25, 0.3) is 6.08 Å². The SMILES string of the molecule is O=C(COc1ccc(Cl)cc1/C=C1/C(=O)NC(=O)N(c2ccc([N+](=O)[O-])cc2)C1=O)Nc1ccccc1F. The molecule has 4 rings (SSSR count). The van der Waals surface area contributed by atoms with Crippen molar-refractivity contribution in [3.8, 4) is 5.75 Å². The molecule has 192 valence electrons. The number of carbonyl (C=O) groups is 4. The Hall–Kier alpha value is -5.10. The molecule has 1 aliphatic heterocycles. The van der Waals surface area contributed by atoms with Crippen molar-refractivity contribution >= 4 is 58.5 Å². The second kappa shape index (κ2) is 10.9. The second-order valence-corrected chi connectivity index (χ2v) is 8.17. The molecule has 0 aromatic heterocycles. The number of hydrogen-bond acceptors (Lipinski definition) is 7. The number of imide groups is 2. The highest BCUT2D eigenvalue weighted by Crippen LogP contribution is 2.28. The highest BCUT2D eigenvalue weighted by atomic mass is 35.5. The summed E-state index contributed by atoms with van der Waals surface area (Å²) in [5, 5.41) is 15.5. The number of anilines is 2. The average Bonchev–Trinajstić information content (AvgIpc) is 2.87. The first-order valence-corrected chi connectivity index (χ1v) is 11.1. The average molecular weight is 539 g/mol. The summed E-state index contributed by atoms with van der Waals surface area (Å²) >= 11 is 6.07. The highest BCUT2D eigenvalue weighted by Gasteiger charge is 2.37. The van der Waals surface area contributed by atoms with Gasteiger partial charge in [-0.15, -0.1) is 0 Å². The van der Waals surface area contributed by atoms with E-state index in [1.54, 1.807) is 6.07 Å². The molecule has 2 N–H and O–H groups in total. The van der Waals surface area contributed by atoms with Crippen LogP contribution < -0.4 is 20.3 Å². The summed E-state index contributed by atoms with van der Waals surface area (Å²) in [7, 11) is 0. The Kier molecular flexibility index (Phi) is 7.44. The van der Waals surface area contributed by atoms with Gasteiger partial charge in [-0.1, -0.05) is 23.7 Å². The zero-order valence-electron chi connectivity index (χ0n) is 19.1. The van der Waals surface area contributed by atoms with E-state index < -0.39 is 46.7 Å². The zero-order valence-corrected chi connectivity index (χ0v) is 19.9. The molecule has 13 heteroatoms. The molecule has 3 aromatic rings.